The summed E-state index contributed by atoms with van der Waals surface area (Å²) in [6.07, 6.45) is 24.0. The summed E-state index contributed by atoms with van der Waals surface area (Å²) in [7, 11) is 0. The maximum absolute atomic E-state index is 1.99. The molecular formula is C36H40. The summed E-state index contributed by atoms with van der Waals surface area (Å²) in [4.78, 5) is 0. The Morgan fingerprint density at radius 2 is 0.333 bits per heavy atom. The molecule has 4 fully saturated rings. The molecule has 0 nitrogen and oxygen atoms in total. The van der Waals surface area contributed by atoms with E-state index < -0.39 is 0 Å². The summed E-state index contributed by atoms with van der Waals surface area (Å²) in [5.74, 6) is 7.20. The average molecular weight is 473 g/mol. The highest BCUT2D eigenvalue weighted by atomic mass is 14.6. The molecule has 0 spiro atoms. The first-order chi connectivity index (χ1) is 17.9. The van der Waals surface area contributed by atoms with Gasteiger partial charge < -0.3 is 0 Å². The molecule has 0 heteroatoms. The molecule has 13 aliphatic carbocycles. The first-order valence-electron chi connectivity index (χ1n) is 16.3. The van der Waals surface area contributed by atoms with Gasteiger partial charge in [-0.25, -0.2) is 0 Å². The van der Waals surface area contributed by atoms with E-state index in [1.54, 1.807) is 0 Å². The van der Waals surface area contributed by atoms with E-state index in [0.717, 1.165) is 47.3 Å². The molecule has 8 bridgehead atoms. The largest absolute Gasteiger partial charge is 0.0458 e. The molecule has 0 amide bonds. The second-order valence-corrected chi connectivity index (χ2v) is 15.0. The van der Waals surface area contributed by atoms with Crippen LogP contribution in [0.5, 0.6) is 0 Å². The Bertz CT molecular complexity index is 1140. The van der Waals surface area contributed by atoms with E-state index in [0.29, 0.717) is 0 Å². The van der Waals surface area contributed by atoms with Crippen LogP contribution in [0.1, 0.15) is 195 Å². The second kappa shape index (κ2) is 6.35. The molecule has 4 saturated carbocycles. The Hall–Kier alpha value is -1.56. The van der Waals surface area contributed by atoms with Crippen molar-refractivity contribution in [2.24, 2.45) is 0 Å². The van der Waals surface area contributed by atoms with E-state index in [1.165, 1.54) is 103 Å². The predicted octanol–water partition coefficient (Wildman–Crippen LogP) is 10.4. The summed E-state index contributed by atoms with van der Waals surface area (Å²) >= 11 is 0. The normalized spacial score (nSPS) is 40.7. The molecule has 184 valence electrons. The molecule has 0 radical (unpaired) electrons. The smallest absolute Gasteiger partial charge is 0.00549 e. The van der Waals surface area contributed by atoms with Crippen LogP contribution in [-0.4, -0.2) is 0 Å². The van der Waals surface area contributed by atoms with Crippen LogP contribution in [-0.2, 0) is 0 Å². The van der Waals surface area contributed by atoms with Crippen LogP contribution in [0.15, 0.2) is 0 Å². The number of benzene rings is 2. The number of hydrogen-bond acceptors (Lipinski definition) is 0. The Balaban J connectivity index is 1.31. The topological polar surface area (TPSA) is 0 Å². The molecule has 15 rings (SSSR count). The molecule has 0 saturated heterocycles. The summed E-state index contributed by atoms with van der Waals surface area (Å²) in [5, 5.41) is 0. The molecule has 0 atom stereocenters. The zero-order chi connectivity index (χ0) is 22.9. The van der Waals surface area contributed by atoms with Gasteiger partial charge in [0.1, 0.15) is 0 Å². The van der Waals surface area contributed by atoms with Crippen LogP contribution in [0, 0.1) is 0 Å². The van der Waals surface area contributed by atoms with Crippen molar-refractivity contribution >= 4 is 0 Å². The van der Waals surface area contributed by atoms with Crippen molar-refractivity contribution < 1.29 is 0 Å². The zero-order valence-corrected chi connectivity index (χ0v) is 21.9. The van der Waals surface area contributed by atoms with Crippen molar-refractivity contribution in [1.82, 2.24) is 0 Å². The molecule has 13 aliphatic rings. The lowest BCUT2D eigenvalue weighted by Gasteiger charge is -2.55. The highest BCUT2D eigenvalue weighted by Gasteiger charge is 2.53. The molecule has 0 aliphatic heterocycles. The van der Waals surface area contributed by atoms with Crippen LogP contribution in [0.4, 0.5) is 0 Å². The molecule has 0 N–H and O–H groups in total. The van der Waals surface area contributed by atoms with Crippen LogP contribution >= 0.6 is 0 Å². The molecule has 2 aromatic rings. The maximum atomic E-state index is 1.99. The van der Waals surface area contributed by atoms with Crippen molar-refractivity contribution in [3.63, 3.8) is 0 Å². The lowest BCUT2D eigenvalue weighted by molar-refractivity contribution is 0.322. The minimum absolute atomic E-state index is 0.890. The minimum Gasteiger partial charge on any atom is -0.0458 e. The summed E-state index contributed by atoms with van der Waals surface area (Å²) in [6.45, 7) is 0. The summed E-state index contributed by atoms with van der Waals surface area (Å²) < 4.78 is 0. The minimum atomic E-state index is 0.890. The molecule has 0 aromatic heterocycles. The van der Waals surface area contributed by atoms with E-state index in [4.69, 9.17) is 0 Å². The number of hydrogen-bond donors (Lipinski definition) is 0. The van der Waals surface area contributed by atoms with Gasteiger partial charge in [0, 0.05) is 0 Å². The monoisotopic (exact) mass is 472 g/mol. The third-order valence-electron chi connectivity index (χ3n) is 14.0. The second-order valence-electron chi connectivity index (χ2n) is 15.0. The lowest BCUT2D eigenvalue weighted by Crippen LogP contribution is -2.36. The average Bonchev–Trinajstić information content (AvgIpc) is 2.95. The first kappa shape index (κ1) is 19.5. The van der Waals surface area contributed by atoms with E-state index in [9.17, 15) is 0 Å². The zero-order valence-electron chi connectivity index (χ0n) is 21.9. The fourth-order valence-corrected chi connectivity index (χ4v) is 12.8. The Morgan fingerprint density at radius 1 is 0.194 bits per heavy atom. The van der Waals surface area contributed by atoms with Crippen molar-refractivity contribution in [1.29, 1.82) is 0 Å². The number of fused-ring (bicyclic) bond motifs is 12. The third kappa shape index (κ3) is 2.01. The fourth-order valence-electron chi connectivity index (χ4n) is 12.8. The van der Waals surface area contributed by atoms with Gasteiger partial charge in [-0.05, 0) is 217 Å². The SMILES string of the molecule is C1CC2CCC1c1c3c(c4c(c12)C1CCC4CC1)-c1c-3c2c(c3c1C1CCC3CC1)C1CCC2CC1. The van der Waals surface area contributed by atoms with Crippen LogP contribution in [0.3, 0.4) is 0 Å². The molecular weight excluding hydrogens is 432 g/mol. The standard InChI is InChI=1S/C36H40/c1-9-21-10-2-17(1)25-26-18-3-11-22(12-4-18)30(26)34-33(29(21)25)35-31-23-13-5-19(6-14-23)27(31)28-20-7-15-24(16-8-20)32(28)36(34)35/h17-24H,1-16H2. The molecule has 0 unspecified atom stereocenters. The first-order valence-corrected chi connectivity index (χ1v) is 16.3. The van der Waals surface area contributed by atoms with Crippen LogP contribution in [0.2, 0.25) is 0 Å². The molecule has 0 heterocycles. The maximum Gasteiger partial charge on any atom is -0.00549 e. The fraction of sp³-hybridized carbons (Fsp3) is 0.667. The van der Waals surface area contributed by atoms with Gasteiger partial charge in [0.15, 0.2) is 0 Å². The molecule has 36 heavy (non-hydrogen) atoms. The van der Waals surface area contributed by atoms with Crippen molar-refractivity contribution in [2.45, 2.75) is 150 Å². The quantitative estimate of drug-likeness (QED) is 0.305. The van der Waals surface area contributed by atoms with Gasteiger partial charge in [0.2, 0.25) is 0 Å². The van der Waals surface area contributed by atoms with Crippen LogP contribution < -0.4 is 0 Å². The van der Waals surface area contributed by atoms with E-state index in [1.807, 2.05) is 66.8 Å². The molecule has 2 aromatic carbocycles. The van der Waals surface area contributed by atoms with Gasteiger partial charge in [0.25, 0.3) is 0 Å². The van der Waals surface area contributed by atoms with E-state index in [2.05, 4.69) is 0 Å². The lowest BCUT2D eigenvalue weighted by atomic mass is 9.49. The Labute approximate surface area is 216 Å². The highest BCUT2D eigenvalue weighted by molar-refractivity contribution is 6.11. The van der Waals surface area contributed by atoms with Crippen molar-refractivity contribution in [3.05, 3.63) is 44.5 Å². The Morgan fingerprint density at radius 3 is 0.500 bits per heavy atom. The van der Waals surface area contributed by atoms with E-state index in [-0.39, 0.29) is 0 Å². The van der Waals surface area contributed by atoms with Gasteiger partial charge in [0.05, 0.1) is 0 Å². The van der Waals surface area contributed by atoms with Gasteiger partial charge >= 0.3 is 0 Å². The third-order valence-corrected chi connectivity index (χ3v) is 14.0. The predicted molar refractivity (Wildman–Crippen MR) is 147 cm³/mol. The van der Waals surface area contributed by atoms with Gasteiger partial charge in [-0.1, -0.05) is 0 Å². The van der Waals surface area contributed by atoms with E-state index >= 15 is 0 Å². The van der Waals surface area contributed by atoms with Crippen molar-refractivity contribution in [2.75, 3.05) is 0 Å². The van der Waals surface area contributed by atoms with Gasteiger partial charge in [-0.2, -0.15) is 0 Å². The summed E-state index contributed by atoms with van der Waals surface area (Å²) in [5.41, 5.74) is 23.5. The number of rotatable bonds is 0. The van der Waals surface area contributed by atoms with Gasteiger partial charge in [-0.3, -0.25) is 0 Å². The van der Waals surface area contributed by atoms with Crippen molar-refractivity contribution in [3.8, 4) is 22.3 Å². The van der Waals surface area contributed by atoms with Crippen LogP contribution in [0.25, 0.3) is 22.3 Å². The summed E-state index contributed by atoms with van der Waals surface area (Å²) in [6, 6.07) is 0. The Kier molecular flexibility index (Phi) is 3.44. The van der Waals surface area contributed by atoms with Gasteiger partial charge in [-0.15, -0.1) is 0 Å². The highest BCUT2D eigenvalue weighted by Crippen LogP contribution is 2.72.